The maximum absolute atomic E-state index is 13.3. The predicted octanol–water partition coefficient (Wildman–Crippen LogP) is 2.93. The minimum atomic E-state index is -4.89. The van der Waals surface area contributed by atoms with Gasteiger partial charge in [-0.3, -0.25) is 0 Å². The van der Waals surface area contributed by atoms with Crippen molar-refractivity contribution in [1.29, 1.82) is 0 Å². The van der Waals surface area contributed by atoms with Crippen molar-refractivity contribution in [1.82, 2.24) is 0 Å². The van der Waals surface area contributed by atoms with Crippen LogP contribution in [0.4, 0.5) is 17.6 Å². The molecule has 0 aromatic heterocycles. The number of carbonyl (C=O) groups is 1. The number of fused-ring (bicyclic) bond motifs is 1. The summed E-state index contributed by atoms with van der Waals surface area (Å²) in [6.07, 6.45) is -6.63. The topological polar surface area (TPSA) is 46.5 Å². The molecule has 0 saturated carbocycles. The number of hydrogen-bond acceptors (Lipinski definition) is 2. The molecular formula is C12H8F4O3. The molecule has 0 aliphatic carbocycles. The van der Waals surface area contributed by atoms with E-state index in [-0.39, 0.29) is 16.9 Å². The summed E-state index contributed by atoms with van der Waals surface area (Å²) in [6.45, 7) is 1.27. The molecule has 0 spiro atoms. The van der Waals surface area contributed by atoms with Gasteiger partial charge in [-0.1, -0.05) is 0 Å². The molecule has 1 aliphatic rings. The Kier molecular flexibility index (Phi) is 3.00. The van der Waals surface area contributed by atoms with Crippen LogP contribution in [0.5, 0.6) is 5.75 Å². The van der Waals surface area contributed by atoms with Gasteiger partial charge in [-0.15, -0.1) is 0 Å². The molecule has 1 heterocycles. The summed E-state index contributed by atoms with van der Waals surface area (Å²) in [5, 5.41) is 8.80. The summed E-state index contributed by atoms with van der Waals surface area (Å²) in [7, 11) is 0. The number of carboxylic acid groups (broad SMARTS) is 1. The lowest BCUT2D eigenvalue weighted by Crippen LogP contribution is -2.40. The number of aliphatic carboxylic acids is 1. The first-order valence-electron chi connectivity index (χ1n) is 5.19. The lowest BCUT2D eigenvalue weighted by Gasteiger charge is -2.28. The molecular weight excluding hydrogens is 268 g/mol. The van der Waals surface area contributed by atoms with E-state index in [1.807, 2.05) is 0 Å². The molecule has 0 radical (unpaired) electrons. The fourth-order valence-electron chi connectivity index (χ4n) is 1.80. The Morgan fingerprint density at radius 1 is 1.37 bits per heavy atom. The van der Waals surface area contributed by atoms with Crippen molar-refractivity contribution in [3.8, 4) is 5.75 Å². The van der Waals surface area contributed by atoms with Crippen LogP contribution in [-0.2, 0) is 4.79 Å². The second kappa shape index (κ2) is 4.25. The van der Waals surface area contributed by atoms with Crippen LogP contribution in [-0.4, -0.2) is 23.4 Å². The minimum absolute atomic E-state index is 0.0903. The van der Waals surface area contributed by atoms with Crippen molar-refractivity contribution in [2.45, 2.75) is 19.2 Å². The van der Waals surface area contributed by atoms with E-state index in [1.165, 1.54) is 13.0 Å². The van der Waals surface area contributed by atoms with Crippen LogP contribution in [0.15, 0.2) is 17.7 Å². The molecule has 1 atom stereocenters. The third-order valence-electron chi connectivity index (χ3n) is 2.74. The highest BCUT2D eigenvalue weighted by molar-refractivity contribution is 5.95. The average Bonchev–Trinajstić information content (AvgIpc) is 2.31. The van der Waals surface area contributed by atoms with Crippen LogP contribution in [0.25, 0.3) is 6.08 Å². The third kappa shape index (κ3) is 2.27. The van der Waals surface area contributed by atoms with Crippen LogP contribution in [0, 0.1) is 12.7 Å². The van der Waals surface area contributed by atoms with E-state index in [0.29, 0.717) is 0 Å². The first kappa shape index (κ1) is 13.4. The summed E-state index contributed by atoms with van der Waals surface area (Å²) in [5.41, 5.74) is -0.907. The van der Waals surface area contributed by atoms with Crippen LogP contribution in [0.3, 0.4) is 0 Å². The zero-order chi connectivity index (χ0) is 14.4. The molecule has 19 heavy (non-hydrogen) atoms. The molecule has 0 fully saturated rings. The molecule has 2 rings (SSSR count). The molecule has 1 aliphatic heterocycles. The van der Waals surface area contributed by atoms with Crippen molar-refractivity contribution in [2.75, 3.05) is 0 Å². The average molecular weight is 276 g/mol. The Balaban J connectivity index is 2.61. The fraction of sp³-hybridized carbons (Fsp3) is 0.250. The highest BCUT2D eigenvalue weighted by Gasteiger charge is 2.48. The Bertz CT molecular complexity index is 575. The van der Waals surface area contributed by atoms with E-state index in [9.17, 15) is 22.4 Å². The molecule has 1 N–H and O–H groups in total. The van der Waals surface area contributed by atoms with E-state index in [1.54, 1.807) is 0 Å². The van der Waals surface area contributed by atoms with Gasteiger partial charge >= 0.3 is 12.1 Å². The molecule has 0 amide bonds. The summed E-state index contributed by atoms with van der Waals surface area (Å²) in [4.78, 5) is 10.9. The Hall–Kier alpha value is -2.05. The van der Waals surface area contributed by atoms with Gasteiger partial charge in [0.25, 0.3) is 0 Å². The number of benzene rings is 1. The van der Waals surface area contributed by atoms with Crippen molar-refractivity contribution < 1.29 is 32.2 Å². The Morgan fingerprint density at radius 3 is 2.53 bits per heavy atom. The Morgan fingerprint density at radius 2 is 2.00 bits per heavy atom. The van der Waals surface area contributed by atoms with E-state index < -0.39 is 29.6 Å². The number of alkyl halides is 3. The number of ether oxygens (including phenoxy) is 1. The summed E-state index contributed by atoms with van der Waals surface area (Å²) in [5.74, 6) is -2.73. The second-order valence-electron chi connectivity index (χ2n) is 4.04. The smallest absolute Gasteiger partial charge is 0.430 e. The second-order valence-corrected chi connectivity index (χ2v) is 4.04. The summed E-state index contributed by atoms with van der Waals surface area (Å²) < 4.78 is 56.2. The van der Waals surface area contributed by atoms with Crippen LogP contribution in [0.2, 0.25) is 0 Å². The zero-order valence-corrected chi connectivity index (χ0v) is 9.58. The maximum Gasteiger partial charge on any atom is 0.430 e. The molecule has 1 aromatic carbocycles. The van der Waals surface area contributed by atoms with Gasteiger partial charge in [0.1, 0.15) is 11.6 Å². The van der Waals surface area contributed by atoms with Gasteiger partial charge in [0.2, 0.25) is 6.10 Å². The summed E-state index contributed by atoms with van der Waals surface area (Å²) in [6, 6.07) is 2.22. The monoisotopic (exact) mass is 276 g/mol. The Labute approximate surface area is 105 Å². The molecule has 7 heteroatoms. The summed E-state index contributed by atoms with van der Waals surface area (Å²) >= 11 is 0. The van der Waals surface area contributed by atoms with Gasteiger partial charge in [0.05, 0.1) is 5.57 Å². The number of rotatable bonds is 1. The van der Waals surface area contributed by atoms with Gasteiger partial charge < -0.3 is 9.84 Å². The van der Waals surface area contributed by atoms with Gasteiger partial charge in [0, 0.05) is 11.1 Å². The highest BCUT2D eigenvalue weighted by Crippen LogP contribution is 2.39. The van der Waals surface area contributed by atoms with Crippen molar-refractivity contribution in [2.24, 2.45) is 0 Å². The number of carboxylic acids is 1. The molecule has 1 aromatic rings. The van der Waals surface area contributed by atoms with Crippen molar-refractivity contribution in [3.05, 3.63) is 34.6 Å². The van der Waals surface area contributed by atoms with Crippen LogP contribution < -0.4 is 4.74 Å². The number of hydrogen-bond donors (Lipinski definition) is 1. The van der Waals surface area contributed by atoms with Gasteiger partial charge in [0.15, 0.2) is 0 Å². The molecule has 0 saturated heterocycles. The lowest BCUT2D eigenvalue weighted by atomic mass is 9.99. The van der Waals surface area contributed by atoms with Crippen molar-refractivity contribution in [3.63, 3.8) is 0 Å². The molecule has 1 unspecified atom stereocenters. The zero-order valence-electron chi connectivity index (χ0n) is 9.58. The lowest BCUT2D eigenvalue weighted by molar-refractivity contribution is -0.187. The quantitative estimate of drug-likeness (QED) is 0.802. The van der Waals surface area contributed by atoms with E-state index in [4.69, 9.17) is 5.11 Å². The molecule has 0 bridgehead atoms. The number of halogens is 4. The van der Waals surface area contributed by atoms with Gasteiger partial charge in [-0.2, -0.15) is 13.2 Å². The van der Waals surface area contributed by atoms with Crippen LogP contribution in [0.1, 0.15) is 11.1 Å². The standard InChI is InChI=1S/C12H8F4O3/c1-5-8(13)3-2-6-4-7(11(17)18)10(12(14,15)16)19-9(5)6/h2-4,10H,1H3,(H,17,18). The van der Waals surface area contributed by atoms with Crippen molar-refractivity contribution >= 4 is 12.0 Å². The maximum atomic E-state index is 13.3. The predicted molar refractivity (Wildman–Crippen MR) is 57.2 cm³/mol. The van der Waals surface area contributed by atoms with Gasteiger partial charge in [-0.25, -0.2) is 9.18 Å². The minimum Gasteiger partial charge on any atom is -0.478 e. The van der Waals surface area contributed by atoms with E-state index in [2.05, 4.69) is 4.74 Å². The first-order chi connectivity index (χ1) is 8.71. The van der Waals surface area contributed by atoms with E-state index >= 15 is 0 Å². The highest BCUT2D eigenvalue weighted by atomic mass is 19.4. The SMILES string of the molecule is Cc1c(F)ccc2c1OC(C(F)(F)F)C(C(=O)O)=C2. The van der Waals surface area contributed by atoms with Crippen LogP contribution >= 0.6 is 0 Å². The molecule has 102 valence electrons. The largest absolute Gasteiger partial charge is 0.478 e. The first-order valence-corrected chi connectivity index (χ1v) is 5.19. The van der Waals surface area contributed by atoms with E-state index in [0.717, 1.165) is 12.1 Å². The van der Waals surface area contributed by atoms with Gasteiger partial charge in [-0.05, 0) is 25.1 Å². The normalized spacial score (nSPS) is 18.4. The molecule has 3 nitrogen and oxygen atoms in total. The fourth-order valence-corrected chi connectivity index (χ4v) is 1.80. The third-order valence-corrected chi connectivity index (χ3v) is 2.74.